The van der Waals surface area contributed by atoms with Gasteiger partial charge < -0.3 is 15.8 Å². The van der Waals surface area contributed by atoms with Crippen molar-refractivity contribution in [1.82, 2.24) is 4.98 Å². The van der Waals surface area contributed by atoms with Gasteiger partial charge in [0.25, 0.3) is 0 Å². The SMILES string of the molecule is Cc1ccc2c(c1)CCCN2c1cccnc1/C(N)=N/O. The average molecular weight is 282 g/mol. The molecule has 0 aliphatic carbocycles. The number of benzene rings is 1. The number of amidine groups is 1. The number of hydrogen-bond acceptors (Lipinski definition) is 4. The minimum absolute atomic E-state index is 0.0323. The molecule has 5 heteroatoms. The van der Waals surface area contributed by atoms with E-state index in [0.717, 1.165) is 25.1 Å². The van der Waals surface area contributed by atoms with Gasteiger partial charge in [-0.25, -0.2) is 0 Å². The van der Waals surface area contributed by atoms with Crippen LogP contribution in [0.1, 0.15) is 23.2 Å². The van der Waals surface area contributed by atoms with Crippen molar-refractivity contribution >= 4 is 17.2 Å². The van der Waals surface area contributed by atoms with Gasteiger partial charge in [0.15, 0.2) is 5.84 Å². The molecule has 0 spiro atoms. The second-order valence-corrected chi connectivity index (χ2v) is 5.24. The molecule has 0 radical (unpaired) electrons. The summed E-state index contributed by atoms with van der Waals surface area (Å²) in [5.74, 6) is 0.0323. The minimum Gasteiger partial charge on any atom is -0.409 e. The Morgan fingerprint density at radius 3 is 3.00 bits per heavy atom. The second-order valence-electron chi connectivity index (χ2n) is 5.24. The molecule has 5 nitrogen and oxygen atoms in total. The van der Waals surface area contributed by atoms with Crippen LogP contribution in [0.2, 0.25) is 0 Å². The molecule has 3 N–H and O–H groups in total. The molecule has 21 heavy (non-hydrogen) atoms. The highest BCUT2D eigenvalue weighted by atomic mass is 16.4. The fourth-order valence-corrected chi connectivity index (χ4v) is 2.84. The number of hydrogen-bond donors (Lipinski definition) is 2. The van der Waals surface area contributed by atoms with Crippen molar-refractivity contribution in [2.45, 2.75) is 19.8 Å². The van der Waals surface area contributed by atoms with E-state index in [-0.39, 0.29) is 5.84 Å². The van der Waals surface area contributed by atoms with Crippen LogP contribution < -0.4 is 10.6 Å². The number of anilines is 2. The molecule has 0 unspecified atom stereocenters. The molecule has 108 valence electrons. The van der Waals surface area contributed by atoms with E-state index in [0.29, 0.717) is 5.69 Å². The van der Waals surface area contributed by atoms with Crippen molar-refractivity contribution in [3.8, 4) is 0 Å². The third-order valence-electron chi connectivity index (χ3n) is 3.78. The summed E-state index contributed by atoms with van der Waals surface area (Å²) >= 11 is 0. The van der Waals surface area contributed by atoms with E-state index in [2.05, 4.69) is 40.2 Å². The number of aryl methyl sites for hydroxylation is 2. The number of nitrogens with two attached hydrogens (primary N) is 1. The highest BCUT2D eigenvalue weighted by Crippen LogP contribution is 2.35. The van der Waals surface area contributed by atoms with Gasteiger partial charge in [-0.2, -0.15) is 0 Å². The Morgan fingerprint density at radius 2 is 2.19 bits per heavy atom. The molecular weight excluding hydrogens is 264 g/mol. The molecule has 0 amide bonds. The molecule has 0 atom stereocenters. The molecule has 0 saturated carbocycles. The summed E-state index contributed by atoms with van der Waals surface area (Å²) in [6, 6.07) is 10.3. The van der Waals surface area contributed by atoms with E-state index in [1.165, 1.54) is 16.8 Å². The lowest BCUT2D eigenvalue weighted by Crippen LogP contribution is -2.28. The van der Waals surface area contributed by atoms with Crippen molar-refractivity contribution < 1.29 is 5.21 Å². The number of fused-ring (bicyclic) bond motifs is 1. The van der Waals surface area contributed by atoms with E-state index >= 15 is 0 Å². The van der Waals surface area contributed by atoms with Gasteiger partial charge in [0.2, 0.25) is 0 Å². The third kappa shape index (κ3) is 2.42. The van der Waals surface area contributed by atoms with Crippen molar-refractivity contribution in [2.24, 2.45) is 10.9 Å². The quantitative estimate of drug-likeness (QED) is 0.384. The van der Waals surface area contributed by atoms with Gasteiger partial charge >= 0.3 is 0 Å². The van der Waals surface area contributed by atoms with Crippen LogP contribution in [-0.4, -0.2) is 22.6 Å². The highest BCUT2D eigenvalue weighted by Gasteiger charge is 2.22. The molecule has 2 aromatic rings. The van der Waals surface area contributed by atoms with Crippen molar-refractivity contribution in [1.29, 1.82) is 0 Å². The standard InChI is InChI=1S/C16H18N4O/c1-11-6-7-13-12(10-11)4-3-9-20(13)14-5-2-8-18-15(14)16(17)19-21/h2,5-8,10,21H,3-4,9H2,1H3,(H2,17,19). The van der Waals surface area contributed by atoms with Crippen LogP contribution in [0.25, 0.3) is 0 Å². The lowest BCUT2D eigenvalue weighted by molar-refractivity contribution is 0.318. The molecule has 0 fully saturated rings. The zero-order valence-corrected chi connectivity index (χ0v) is 12.0. The molecule has 1 aromatic heterocycles. The van der Waals surface area contributed by atoms with Crippen LogP contribution >= 0.6 is 0 Å². The first-order valence-electron chi connectivity index (χ1n) is 7.00. The Bertz CT molecular complexity index is 696. The minimum atomic E-state index is 0.0323. The number of nitrogens with zero attached hydrogens (tertiary/aromatic N) is 3. The Morgan fingerprint density at radius 1 is 1.33 bits per heavy atom. The highest BCUT2D eigenvalue weighted by molar-refractivity contribution is 6.01. The summed E-state index contributed by atoms with van der Waals surface area (Å²) in [5, 5.41) is 12.0. The maximum atomic E-state index is 8.95. The number of oxime groups is 1. The van der Waals surface area contributed by atoms with Gasteiger partial charge in [-0.15, -0.1) is 0 Å². The smallest absolute Gasteiger partial charge is 0.190 e. The van der Waals surface area contributed by atoms with Crippen LogP contribution in [0.4, 0.5) is 11.4 Å². The molecule has 1 aromatic carbocycles. The number of rotatable bonds is 2. The monoisotopic (exact) mass is 282 g/mol. The first-order chi connectivity index (χ1) is 10.2. The first-order valence-corrected chi connectivity index (χ1v) is 7.00. The van der Waals surface area contributed by atoms with Crippen LogP contribution in [0, 0.1) is 6.92 Å². The zero-order chi connectivity index (χ0) is 14.8. The predicted molar refractivity (Wildman–Crippen MR) is 83.3 cm³/mol. The van der Waals surface area contributed by atoms with Gasteiger partial charge in [0.1, 0.15) is 5.69 Å². The largest absolute Gasteiger partial charge is 0.409 e. The fraction of sp³-hybridized carbons (Fsp3) is 0.250. The zero-order valence-electron chi connectivity index (χ0n) is 12.0. The average Bonchev–Trinajstić information content (AvgIpc) is 2.53. The summed E-state index contributed by atoms with van der Waals surface area (Å²) in [6.45, 7) is 3.00. The first kappa shape index (κ1) is 13.4. The molecule has 2 heterocycles. The summed E-state index contributed by atoms with van der Waals surface area (Å²) in [5.41, 5.74) is 10.9. The molecular formula is C16H18N4O. The Hall–Kier alpha value is -2.56. The normalized spacial score (nSPS) is 14.9. The molecule has 0 bridgehead atoms. The Labute approximate surface area is 123 Å². The second kappa shape index (κ2) is 5.44. The summed E-state index contributed by atoms with van der Waals surface area (Å²) < 4.78 is 0. The summed E-state index contributed by atoms with van der Waals surface area (Å²) in [4.78, 5) is 6.45. The molecule has 0 saturated heterocycles. The van der Waals surface area contributed by atoms with Crippen molar-refractivity contribution in [2.75, 3.05) is 11.4 Å². The summed E-state index contributed by atoms with van der Waals surface area (Å²) in [6.07, 6.45) is 3.80. The maximum Gasteiger partial charge on any atom is 0.190 e. The molecule has 1 aliphatic heterocycles. The van der Waals surface area contributed by atoms with Gasteiger partial charge in [0.05, 0.1) is 5.69 Å². The van der Waals surface area contributed by atoms with E-state index in [4.69, 9.17) is 10.9 Å². The van der Waals surface area contributed by atoms with E-state index < -0.39 is 0 Å². The maximum absolute atomic E-state index is 8.95. The number of pyridine rings is 1. The van der Waals surface area contributed by atoms with E-state index in [9.17, 15) is 0 Å². The van der Waals surface area contributed by atoms with Gasteiger partial charge in [0, 0.05) is 18.4 Å². The fourth-order valence-electron chi connectivity index (χ4n) is 2.84. The van der Waals surface area contributed by atoms with Crippen LogP contribution in [-0.2, 0) is 6.42 Å². The molecule has 3 rings (SSSR count). The summed E-state index contributed by atoms with van der Waals surface area (Å²) in [7, 11) is 0. The Kier molecular flexibility index (Phi) is 3.48. The van der Waals surface area contributed by atoms with Crippen LogP contribution in [0.5, 0.6) is 0 Å². The third-order valence-corrected chi connectivity index (χ3v) is 3.78. The van der Waals surface area contributed by atoms with Crippen LogP contribution in [0.3, 0.4) is 0 Å². The number of aromatic nitrogens is 1. The topological polar surface area (TPSA) is 74.7 Å². The Balaban J connectivity index is 2.12. The predicted octanol–water partition coefficient (Wildman–Crippen LogP) is 2.57. The van der Waals surface area contributed by atoms with Crippen molar-refractivity contribution in [3.63, 3.8) is 0 Å². The van der Waals surface area contributed by atoms with E-state index in [1.54, 1.807) is 6.20 Å². The van der Waals surface area contributed by atoms with Gasteiger partial charge in [-0.1, -0.05) is 22.9 Å². The van der Waals surface area contributed by atoms with Crippen LogP contribution in [0.15, 0.2) is 41.7 Å². The van der Waals surface area contributed by atoms with Gasteiger partial charge in [-0.3, -0.25) is 4.98 Å². The van der Waals surface area contributed by atoms with Crippen molar-refractivity contribution in [3.05, 3.63) is 53.3 Å². The lowest BCUT2D eigenvalue weighted by atomic mass is 9.99. The lowest BCUT2D eigenvalue weighted by Gasteiger charge is -2.32. The van der Waals surface area contributed by atoms with Gasteiger partial charge in [-0.05, 0) is 43.5 Å². The molecule has 1 aliphatic rings. The van der Waals surface area contributed by atoms with E-state index in [1.807, 2.05) is 12.1 Å².